The van der Waals surface area contributed by atoms with E-state index in [-0.39, 0.29) is 0 Å². The highest BCUT2D eigenvalue weighted by Crippen LogP contribution is 2.20. The van der Waals surface area contributed by atoms with E-state index in [1.165, 1.54) is 19.2 Å². The first-order valence-corrected chi connectivity index (χ1v) is 3.58. The molecule has 0 aliphatic carbocycles. The fourth-order valence-corrected chi connectivity index (χ4v) is 1.33. The van der Waals surface area contributed by atoms with Crippen LogP contribution in [0.2, 0.25) is 0 Å². The van der Waals surface area contributed by atoms with E-state index in [1.54, 1.807) is 6.26 Å². The van der Waals surface area contributed by atoms with Gasteiger partial charge in [0.15, 0.2) is 6.39 Å². The van der Waals surface area contributed by atoms with E-state index in [0.717, 1.165) is 12.2 Å². The maximum atomic E-state index is 4.88. The minimum absolute atomic E-state index is 0.443. The largest absolute Gasteiger partial charge is 0.451 e. The molecule has 0 spiro atoms. The Morgan fingerprint density at radius 2 is 2.70 bits per heavy atom. The molecular formula is C7H10N2O. The van der Waals surface area contributed by atoms with Crippen molar-refractivity contribution < 1.29 is 4.42 Å². The summed E-state index contributed by atoms with van der Waals surface area (Å²) in [6, 6.07) is 0.443. The second-order valence-electron chi connectivity index (χ2n) is 2.56. The minimum Gasteiger partial charge on any atom is -0.451 e. The van der Waals surface area contributed by atoms with Crippen molar-refractivity contribution in [3.8, 4) is 0 Å². The van der Waals surface area contributed by atoms with Gasteiger partial charge in [-0.1, -0.05) is 0 Å². The van der Waals surface area contributed by atoms with E-state index in [2.05, 4.69) is 10.3 Å². The number of aromatic nitrogens is 1. The fraction of sp³-hybridized carbons (Fsp3) is 0.571. The second-order valence-corrected chi connectivity index (χ2v) is 2.56. The Morgan fingerprint density at radius 3 is 3.30 bits per heavy atom. The number of hydrogen-bond acceptors (Lipinski definition) is 3. The normalized spacial score (nSPS) is 25.4. The molecule has 0 saturated carbocycles. The number of nitrogens with one attached hydrogen (secondary N) is 1. The molecule has 0 unspecified atom stereocenters. The molecule has 1 aliphatic heterocycles. The summed E-state index contributed by atoms with van der Waals surface area (Å²) >= 11 is 0. The lowest BCUT2D eigenvalue weighted by atomic mass is 10.2. The highest BCUT2D eigenvalue weighted by atomic mass is 16.3. The quantitative estimate of drug-likeness (QED) is 0.631. The molecule has 0 amide bonds. The van der Waals surface area contributed by atoms with E-state index in [1.807, 2.05) is 0 Å². The van der Waals surface area contributed by atoms with Crippen LogP contribution in [0.25, 0.3) is 0 Å². The summed E-state index contributed by atoms with van der Waals surface area (Å²) in [7, 11) is 0. The van der Waals surface area contributed by atoms with Gasteiger partial charge in [-0.25, -0.2) is 4.98 Å². The van der Waals surface area contributed by atoms with Crippen LogP contribution in [0.15, 0.2) is 17.1 Å². The third kappa shape index (κ3) is 0.926. The van der Waals surface area contributed by atoms with Crippen molar-refractivity contribution >= 4 is 0 Å². The molecule has 0 radical (unpaired) electrons. The van der Waals surface area contributed by atoms with Gasteiger partial charge in [0.25, 0.3) is 0 Å². The van der Waals surface area contributed by atoms with Gasteiger partial charge in [0.2, 0.25) is 0 Å². The Labute approximate surface area is 59.4 Å². The second kappa shape index (κ2) is 2.42. The first kappa shape index (κ1) is 5.92. The Hall–Kier alpha value is -0.830. The summed E-state index contributed by atoms with van der Waals surface area (Å²) in [4.78, 5) is 4.07. The smallest absolute Gasteiger partial charge is 0.180 e. The molecule has 1 aromatic heterocycles. The van der Waals surface area contributed by atoms with Crippen LogP contribution in [-0.2, 0) is 0 Å². The number of nitrogens with zero attached hydrogens (tertiary/aromatic N) is 1. The van der Waals surface area contributed by atoms with Crippen molar-refractivity contribution in [1.29, 1.82) is 0 Å². The SMILES string of the molecule is c1nc([C@@H]2CCCN2)co1. The number of oxazole rings is 1. The Bertz CT molecular complexity index is 189. The third-order valence-electron chi connectivity index (χ3n) is 1.87. The molecule has 2 rings (SSSR count). The fourth-order valence-electron chi connectivity index (χ4n) is 1.33. The van der Waals surface area contributed by atoms with Crippen molar-refractivity contribution in [1.82, 2.24) is 10.3 Å². The van der Waals surface area contributed by atoms with E-state index in [9.17, 15) is 0 Å². The predicted molar refractivity (Wildman–Crippen MR) is 36.5 cm³/mol. The first-order chi connectivity index (χ1) is 4.97. The predicted octanol–water partition coefficient (Wildman–Crippen LogP) is 1.10. The average Bonchev–Trinajstić information content (AvgIpc) is 2.59. The zero-order chi connectivity index (χ0) is 6.81. The lowest BCUT2D eigenvalue weighted by Crippen LogP contribution is -2.12. The van der Waals surface area contributed by atoms with Crippen LogP contribution in [0.5, 0.6) is 0 Å². The van der Waals surface area contributed by atoms with Crippen LogP contribution in [-0.4, -0.2) is 11.5 Å². The number of rotatable bonds is 1. The molecule has 1 aromatic rings. The summed E-state index contributed by atoms with van der Waals surface area (Å²) in [5.74, 6) is 0. The average molecular weight is 138 g/mol. The number of hydrogen-bond donors (Lipinski definition) is 1. The molecule has 2 heterocycles. The molecule has 0 bridgehead atoms. The molecule has 1 fully saturated rings. The summed E-state index contributed by atoms with van der Waals surface area (Å²) in [6.07, 6.45) is 5.63. The van der Waals surface area contributed by atoms with Crippen LogP contribution < -0.4 is 5.32 Å². The van der Waals surface area contributed by atoms with Gasteiger partial charge in [-0.05, 0) is 19.4 Å². The highest BCUT2D eigenvalue weighted by Gasteiger charge is 2.17. The minimum atomic E-state index is 0.443. The summed E-state index contributed by atoms with van der Waals surface area (Å²) in [5, 5.41) is 3.34. The van der Waals surface area contributed by atoms with E-state index < -0.39 is 0 Å². The molecule has 3 nitrogen and oxygen atoms in total. The lowest BCUT2D eigenvalue weighted by molar-refractivity contribution is 0.550. The Kier molecular flexibility index (Phi) is 1.43. The summed E-state index contributed by atoms with van der Waals surface area (Å²) in [5.41, 5.74) is 1.04. The molecule has 1 N–H and O–H groups in total. The van der Waals surface area contributed by atoms with Crippen molar-refractivity contribution in [2.24, 2.45) is 0 Å². The molecule has 1 atom stereocenters. The van der Waals surface area contributed by atoms with Crippen LogP contribution >= 0.6 is 0 Å². The van der Waals surface area contributed by atoms with E-state index in [4.69, 9.17) is 4.42 Å². The van der Waals surface area contributed by atoms with E-state index in [0.29, 0.717) is 6.04 Å². The summed E-state index contributed by atoms with van der Waals surface area (Å²) < 4.78 is 4.88. The van der Waals surface area contributed by atoms with Gasteiger partial charge in [-0.2, -0.15) is 0 Å². The van der Waals surface area contributed by atoms with Crippen LogP contribution in [0.3, 0.4) is 0 Å². The van der Waals surface area contributed by atoms with Crippen LogP contribution in [0.1, 0.15) is 24.6 Å². The molecule has 10 heavy (non-hydrogen) atoms. The van der Waals surface area contributed by atoms with Crippen molar-refractivity contribution in [2.45, 2.75) is 18.9 Å². The standard InChI is InChI=1S/C7H10N2O/c1-2-6(8-3-1)7-4-10-5-9-7/h4-6,8H,1-3H2/t6-/m0/s1. The van der Waals surface area contributed by atoms with Crippen molar-refractivity contribution in [3.05, 3.63) is 18.4 Å². The molecule has 54 valence electrons. The Balaban J connectivity index is 2.12. The van der Waals surface area contributed by atoms with Gasteiger partial charge in [0.1, 0.15) is 6.26 Å². The monoisotopic (exact) mass is 138 g/mol. The maximum absolute atomic E-state index is 4.88. The van der Waals surface area contributed by atoms with Gasteiger partial charge < -0.3 is 9.73 Å². The van der Waals surface area contributed by atoms with Gasteiger partial charge in [-0.3, -0.25) is 0 Å². The highest BCUT2D eigenvalue weighted by molar-refractivity contribution is 5.01. The molecule has 3 heteroatoms. The van der Waals surface area contributed by atoms with Crippen molar-refractivity contribution in [2.75, 3.05) is 6.54 Å². The van der Waals surface area contributed by atoms with Gasteiger partial charge in [0.05, 0.1) is 11.7 Å². The zero-order valence-corrected chi connectivity index (χ0v) is 5.71. The van der Waals surface area contributed by atoms with Gasteiger partial charge >= 0.3 is 0 Å². The topological polar surface area (TPSA) is 38.1 Å². The molecular weight excluding hydrogens is 128 g/mol. The zero-order valence-electron chi connectivity index (χ0n) is 5.71. The molecule has 1 aliphatic rings. The van der Waals surface area contributed by atoms with Crippen LogP contribution in [0, 0.1) is 0 Å². The first-order valence-electron chi connectivity index (χ1n) is 3.58. The molecule has 1 saturated heterocycles. The van der Waals surface area contributed by atoms with Gasteiger partial charge in [0, 0.05) is 0 Å². The van der Waals surface area contributed by atoms with Gasteiger partial charge in [-0.15, -0.1) is 0 Å². The lowest BCUT2D eigenvalue weighted by Gasteiger charge is -2.02. The van der Waals surface area contributed by atoms with Crippen LogP contribution in [0.4, 0.5) is 0 Å². The third-order valence-corrected chi connectivity index (χ3v) is 1.87. The summed E-state index contributed by atoms with van der Waals surface area (Å²) in [6.45, 7) is 1.11. The Morgan fingerprint density at radius 1 is 1.70 bits per heavy atom. The molecule has 0 aromatic carbocycles. The maximum Gasteiger partial charge on any atom is 0.180 e. The van der Waals surface area contributed by atoms with Crippen molar-refractivity contribution in [3.63, 3.8) is 0 Å². The van der Waals surface area contributed by atoms with E-state index >= 15 is 0 Å².